The number of nitrogens with two attached hydrogens (primary N) is 1. The number of benzene rings is 2. The first-order valence-corrected chi connectivity index (χ1v) is 7.12. The molecule has 0 fully saturated rings. The quantitative estimate of drug-likeness (QED) is 0.852. The van der Waals surface area contributed by atoms with Crippen LogP contribution in [-0.4, -0.2) is 7.11 Å². The van der Waals surface area contributed by atoms with Gasteiger partial charge in [0.1, 0.15) is 5.75 Å². The van der Waals surface area contributed by atoms with Crippen LogP contribution in [0.4, 0.5) is 0 Å². The van der Waals surface area contributed by atoms with E-state index in [0.717, 1.165) is 15.6 Å². The van der Waals surface area contributed by atoms with E-state index in [4.69, 9.17) is 33.7 Å². The lowest BCUT2D eigenvalue weighted by molar-refractivity contribution is 0.408. The SMILES string of the molecule is COc1ccc(Cl)cc1C(N)c1cccc(Br)c1Cl. The largest absolute Gasteiger partial charge is 0.496 e. The Hall–Kier alpha value is -0.740. The van der Waals surface area contributed by atoms with Gasteiger partial charge >= 0.3 is 0 Å². The van der Waals surface area contributed by atoms with E-state index in [-0.39, 0.29) is 0 Å². The maximum atomic E-state index is 6.29. The van der Waals surface area contributed by atoms with Gasteiger partial charge in [-0.2, -0.15) is 0 Å². The molecule has 0 aliphatic carbocycles. The molecule has 19 heavy (non-hydrogen) atoms. The number of hydrogen-bond donors (Lipinski definition) is 1. The molecule has 2 rings (SSSR count). The zero-order valence-corrected chi connectivity index (χ0v) is 13.3. The highest BCUT2D eigenvalue weighted by atomic mass is 79.9. The summed E-state index contributed by atoms with van der Waals surface area (Å²) in [5, 5.41) is 1.20. The van der Waals surface area contributed by atoms with Crippen LogP contribution in [0.3, 0.4) is 0 Å². The summed E-state index contributed by atoms with van der Waals surface area (Å²) in [4.78, 5) is 0. The standard InChI is InChI=1S/C14H12BrCl2NO/c1-19-12-6-5-8(16)7-10(12)14(18)9-3-2-4-11(15)13(9)17/h2-7,14H,18H2,1H3. The maximum Gasteiger partial charge on any atom is 0.124 e. The van der Waals surface area contributed by atoms with Crippen LogP contribution in [-0.2, 0) is 0 Å². The average Bonchev–Trinajstić information content (AvgIpc) is 2.41. The molecule has 0 radical (unpaired) electrons. The van der Waals surface area contributed by atoms with Crippen LogP contribution in [0.2, 0.25) is 10.0 Å². The Morgan fingerprint density at radius 3 is 2.58 bits per heavy atom. The molecular weight excluding hydrogens is 349 g/mol. The summed E-state index contributed by atoms with van der Waals surface area (Å²) in [5.41, 5.74) is 7.90. The van der Waals surface area contributed by atoms with Gasteiger partial charge in [-0.3, -0.25) is 0 Å². The van der Waals surface area contributed by atoms with Gasteiger partial charge < -0.3 is 10.5 Å². The summed E-state index contributed by atoms with van der Waals surface area (Å²) in [6.45, 7) is 0. The minimum Gasteiger partial charge on any atom is -0.496 e. The lowest BCUT2D eigenvalue weighted by Crippen LogP contribution is -2.13. The van der Waals surface area contributed by atoms with Gasteiger partial charge in [-0.25, -0.2) is 0 Å². The molecule has 0 saturated heterocycles. The molecule has 0 aliphatic rings. The zero-order chi connectivity index (χ0) is 14.0. The van der Waals surface area contributed by atoms with E-state index < -0.39 is 6.04 Å². The van der Waals surface area contributed by atoms with Gasteiger partial charge in [-0.1, -0.05) is 35.3 Å². The fourth-order valence-electron chi connectivity index (χ4n) is 1.88. The molecule has 2 aromatic rings. The van der Waals surface area contributed by atoms with E-state index in [2.05, 4.69) is 15.9 Å². The first-order valence-electron chi connectivity index (χ1n) is 5.57. The van der Waals surface area contributed by atoms with Crippen molar-refractivity contribution in [3.8, 4) is 5.75 Å². The van der Waals surface area contributed by atoms with Crippen molar-refractivity contribution in [2.45, 2.75) is 6.04 Å². The van der Waals surface area contributed by atoms with Crippen molar-refractivity contribution < 1.29 is 4.74 Å². The van der Waals surface area contributed by atoms with Crippen molar-refractivity contribution in [3.63, 3.8) is 0 Å². The first kappa shape index (κ1) is 14.7. The van der Waals surface area contributed by atoms with Crippen LogP contribution < -0.4 is 10.5 Å². The molecule has 1 atom stereocenters. The molecule has 0 saturated carbocycles. The van der Waals surface area contributed by atoms with Gasteiger partial charge in [-0.15, -0.1) is 0 Å². The molecule has 0 aromatic heterocycles. The summed E-state index contributed by atoms with van der Waals surface area (Å²) >= 11 is 15.7. The molecule has 0 aliphatic heterocycles. The Morgan fingerprint density at radius 1 is 1.16 bits per heavy atom. The van der Waals surface area contributed by atoms with Gasteiger partial charge in [0.2, 0.25) is 0 Å². The van der Waals surface area contributed by atoms with E-state index in [1.807, 2.05) is 18.2 Å². The topological polar surface area (TPSA) is 35.2 Å². The molecule has 100 valence electrons. The number of halogens is 3. The van der Waals surface area contributed by atoms with Crippen LogP contribution >= 0.6 is 39.1 Å². The summed E-state index contributed by atoms with van der Waals surface area (Å²) in [7, 11) is 1.60. The zero-order valence-electron chi connectivity index (χ0n) is 10.2. The fraction of sp³-hybridized carbons (Fsp3) is 0.143. The first-order chi connectivity index (χ1) is 9.04. The summed E-state index contributed by atoms with van der Waals surface area (Å²) in [6, 6.07) is 10.6. The maximum absolute atomic E-state index is 6.29. The van der Waals surface area contributed by atoms with Crippen molar-refractivity contribution in [3.05, 3.63) is 62.0 Å². The number of methoxy groups -OCH3 is 1. The molecule has 0 bridgehead atoms. The number of rotatable bonds is 3. The minimum atomic E-state index is -0.404. The van der Waals surface area contributed by atoms with E-state index >= 15 is 0 Å². The van der Waals surface area contributed by atoms with Crippen LogP contribution in [0.25, 0.3) is 0 Å². The Bertz CT molecular complexity index is 604. The highest BCUT2D eigenvalue weighted by Gasteiger charge is 2.18. The van der Waals surface area contributed by atoms with Crippen LogP contribution in [0.1, 0.15) is 17.2 Å². The number of hydrogen-bond acceptors (Lipinski definition) is 2. The van der Waals surface area contributed by atoms with E-state index in [1.54, 1.807) is 25.3 Å². The molecular formula is C14H12BrCl2NO. The minimum absolute atomic E-state index is 0.404. The summed E-state index contributed by atoms with van der Waals surface area (Å²) in [5.74, 6) is 0.688. The lowest BCUT2D eigenvalue weighted by atomic mass is 9.98. The fourth-order valence-corrected chi connectivity index (χ4v) is 2.68. The molecule has 0 amide bonds. The van der Waals surface area contributed by atoms with Gasteiger partial charge in [0, 0.05) is 15.1 Å². The third kappa shape index (κ3) is 3.06. The van der Waals surface area contributed by atoms with Gasteiger partial charge in [0.05, 0.1) is 18.2 Å². The third-order valence-electron chi connectivity index (χ3n) is 2.84. The monoisotopic (exact) mass is 359 g/mol. The van der Waals surface area contributed by atoms with E-state index in [9.17, 15) is 0 Å². The van der Waals surface area contributed by atoms with Crippen LogP contribution in [0.15, 0.2) is 40.9 Å². The number of ether oxygens (including phenoxy) is 1. The van der Waals surface area contributed by atoms with E-state index in [1.165, 1.54) is 0 Å². The Morgan fingerprint density at radius 2 is 1.89 bits per heavy atom. The Kier molecular flexibility index (Phi) is 4.74. The van der Waals surface area contributed by atoms with Gasteiger partial charge in [-0.05, 0) is 45.8 Å². The molecule has 2 nitrogen and oxygen atoms in total. The lowest BCUT2D eigenvalue weighted by Gasteiger charge is -2.18. The Balaban J connectivity index is 2.52. The van der Waals surface area contributed by atoms with Gasteiger partial charge in [0.15, 0.2) is 0 Å². The molecule has 5 heteroatoms. The van der Waals surface area contributed by atoms with Crippen molar-refractivity contribution in [2.24, 2.45) is 5.73 Å². The highest BCUT2D eigenvalue weighted by Crippen LogP contribution is 2.36. The van der Waals surface area contributed by atoms with Crippen molar-refractivity contribution in [1.29, 1.82) is 0 Å². The predicted molar refractivity (Wildman–Crippen MR) is 83.2 cm³/mol. The summed E-state index contributed by atoms with van der Waals surface area (Å²) < 4.78 is 6.13. The second kappa shape index (κ2) is 6.14. The summed E-state index contributed by atoms with van der Waals surface area (Å²) in [6.07, 6.45) is 0. The smallest absolute Gasteiger partial charge is 0.124 e. The second-order valence-corrected chi connectivity index (χ2v) is 5.68. The second-order valence-electron chi connectivity index (χ2n) is 4.01. The average molecular weight is 361 g/mol. The highest BCUT2D eigenvalue weighted by molar-refractivity contribution is 9.10. The molecule has 0 heterocycles. The van der Waals surface area contributed by atoms with Crippen molar-refractivity contribution in [2.75, 3.05) is 7.11 Å². The molecule has 1 unspecified atom stereocenters. The molecule has 2 N–H and O–H groups in total. The normalized spacial score (nSPS) is 12.3. The van der Waals surface area contributed by atoms with Crippen LogP contribution in [0.5, 0.6) is 5.75 Å². The third-order valence-corrected chi connectivity index (χ3v) is 4.39. The predicted octanol–water partition coefficient (Wildman–Crippen LogP) is 4.81. The van der Waals surface area contributed by atoms with Crippen molar-refractivity contribution in [1.82, 2.24) is 0 Å². The van der Waals surface area contributed by atoms with E-state index in [0.29, 0.717) is 15.8 Å². The Labute approximate surface area is 130 Å². The van der Waals surface area contributed by atoms with Crippen molar-refractivity contribution >= 4 is 39.1 Å². The molecule has 2 aromatic carbocycles. The van der Waals surface area contributed by atoms with Crippen LogP contribution in [0, 0.1) is 0 Å². The van der Waals surface area contributed by atoms with Gasteiger partial charge in [0.25, 0.3) is 0 Å². The molecule has 0 spiro atoms.